The Balaban J connectivity index is 2.94. The molecule has 0 amide bonds. The van der Waals surface area contributed by atoms with Crippen molar-refractivity contribution in [2.75, 3.05) is 13.7 Å². The van der Waals surface area contributed by atoms with Crippen LogP contribution in [-0.4, -0.2) is 42.4 Å². The molecule has 0 heterocycles. The van der Waals surface area contributed by atoms with E-state index >= 15 is 0 Å². The second kappa shape index (κ2) is 8.58. The zero-order valence-electron chi connectivity index (χ0n) is 13.8. The standard InChI is InChI=1S/C13H19O3.C2HF3O2.Hg/c1-9-11(7-5-6-8-14)13(3,16-4)10(2)12(9)15;3-2(4,5)1(6)7;/h2,14H,5-8H2,1,3-4H3;(H,6,7);/q;;+1/p-1. The molecule has 1 rings (SSSR count). The minimum atomic E-state index is -5.02. The van der Waals surface area contributed by atoms with E-state index < -0.39 is 42.8 Å². The number of halogens is 3. The fourth-order valence-corrected chi connectivity index (χ4v) is 7.15. The molecular weight excluding hydrogens is 518 g/mol. The van der Waals surface area contributed by atoms with Crippen molar-refractivity contribution in [3.63, 3.8) is 0 Å². The summed E-state index contributed by atoms with van der Waals surface area (Å²) in [4.78, 5) is 23.2. The Bertz CT molecular complexity index is 568. The Labute approximate surface area is 151 Å². The summed E-state index contributed by atoms with van der Waals surface area (Å²) in [6.07, 6.45) is -3.24. The van der Waals surface area contributed by atoms with Crippen LogP contribution in [0.5, 0.6) is 0 Å². The molecule has 0 saturated carbocycles. The number of hydrogen-bond donors (Lipinski definition) is 1. The molecule has 0 aromatic rings. The van der Waals surface area contributed by atoms with Crippen molar-refractivity contribution in [1.29, 1.82) is 0 Å². The van der Waals surface area contributed by atoms with Gasteiger partial charge in [-0.15, -0.1) is 0 Å². The van der Waals surface area contributed by atoms with Crippen molar-refractivity contribution in [2.24, 2.45) is 0 Å². The summed E-state index contributed by atoms with van der Waals surface area (Å²) in [7, 11) is 1.42. The van der Waals surface area contributed by atoms with Gasteiger partial charge in [0.25, 0.3) is 0 Å². The molecule has 1 aliphatic rings. The van der Waals surface area contributed by atoms with Gasteiger partial charge in [-0.3, -0.25) is 0 Å². The molecule has 1 atom stereocenters. The average molecular weight is 537 g/mol. The molecule has 1 unspecified atom stereocenters. The number of carbonyl (C=O) groups is 2. The number of methoxy groups -OCH3 is 1. The predicted octanol–water partition coefficient (Wildman–Crippen LogP) is 2.44. The van der Waals surface area contributed by atoms with Crippen LogP contribution in [0.3, 0.4) is 0 Å². The Kier molecular flexibility index (Phi) is 7.61. The maximum absolute atomic E-state index is 12.4. The van der Waals surface area contributed by atoms with Gasteiger partial charge >= 0.3 is 151 Å². The number of hydrogen-bond acceptors (Lipinski definition) is 5. The van der Waals surface area contributed by atoms with Crippen LogP contribution >= 0.6 is 0 Å². The molecule has 0 spiro atoms. The van der Waals surface area contributed by atoms with Crippen molar-refractivity contribution < 1.29 is 60.3 Å². The van der Waals surface area contributed by atoms with Gasteiger partial charge in [-0.25, -0.2) is 0 Å². The molecule has 0 bridgehead atoms. The quantitative estimate of drug-likeness (QED) is 0.307. The molecule has 0 aromatic carbocycles. The summed E-state index contributed by atoms with van der Waals surface area (Å²) >= 11 is -2.83. The van der Waals surface area contributed by atoms with Crippen LogP contribution in [0.15, 0.2) is 20.3 Å². The number of allylic oxidation sites excluding steroid dienone is 1. The third-order valence-corrected chi connectivity index (χ3v) is 8.01. The monoisotopic (exact) mass is 538 g/mol. The van der Waals surface area contributed by atoms with Crippen LogP contribution in [0.1, 0.15) is 33.1 Å². The Morgan fingerprint density at radius 1 is 1.38 bits per heavy atom. The van der Waals surface area contributed by atoms with Gasteiger partial charge < -0.3 is 0 Å². The number of Topliss-reactive ketones (excluding diaryl/α,β-unsaturated/α-hetero) is 1. The van der Waals surface area contributed by atoms with Crippen LogP contribution in [0.25, 0.3) is 0 Å². The molecule has 0 aliphatic heterocycles. The predicted molar refractivity (Wildman–Crippen MR) is 74.3 cm³/mol. The molecule has 0 aromatic heterocycles. The van der Waals surface area contributed by atoms with E-state index in [0.717, 1.165) is 5.57 Å². The number of rotatable bonds is 7. The van der Waals surface area contributed by atoms with E-state index in [-0.39, 0.29) is 18.0 Å². The van der Waals surface area contributed by atoms with Crippen molar-refractivity contribution in [1.82, 2.24) is 0 Å². The van der Waals surface area contributed by atoms with Gasteiger partial charge in [0.15, 0.2) is 0 Å². The Morgan fingerprint density at radius 3 is 2.50 bits per heavy atom. The number of aliphatic hydroxyl groups excluding tert-OH is 1. The molecule has 24 heavy (non-hydrogen) atoms. The van der Waals surface area contributed by atoms with Gasteiger partial charge in [0.1, 0.15) is 0 Å². The number of ketones is 1. The number of ether oxygens (including phenoxy) is 1. The van der Waals surface area contributed by atoms with Gasteiger partial charge in [0.05, 0.1) is 0 Å². The van der Waals surface area contributed by atoms with Crippen LogP contribution in [0, 0.1) is 0 Å². The number of unbranched alkanes of at least 4 members (excludes halogenated alkanes) is 1. The first-order valence-corrected chi connectivity index (χ1v) is 12.9. The minimum absolute atomic E-state index is 0.0388. The molecule has 132 valence electrons. The maximum atomic E-state index is 12.4. The van der Waals surface area contributed by atoms with E-state index in [2.05, 4.69) is 2.64 Å². The van der Waals surface area contributed by atoms with E-state index in [1.54, 1.807) is 13.8 Å². The van der Waals surface area contributed by atoms with Crippen molar-refractivity contribution in [3.8, 4) is 0 Å². The van der Waals surface area contributed by atoms with E-state index in [0.29, 0.717) is 24.8 Å². The van der Waals surface area contributed by atoms with E-state index in [1.807, 2.05) is 0 Å². The summed E-state index contributed by atoms with van der Waals surface area (Å²) < 4.78 is 47.7. The normalized spacial score (nSPS) is 23.0. The van der Waals surface area contributed by atoms with E-state index in [9.17, 15) is 22.8 Å². The Hall–Kier alpha value is -0.735. The summed E-state index contributed by atoms with van der Waals surface area (Å²) in [6, 6.07) is 0. The fraction of sp³-hybridized carbons (Fsp3) is 0.600. The van der Waals surface area contributed by atoms with Crippen molar-refractivity contribution in [3.05, 3.63) is 20.3 Å². The molecule has 0 saturated heterocycles. The molecular formula is C15H19F3HgO5. The zero-order valence-corrected chi connectivity index (χ0v) is 19.3. The Morgan fingerprint density at radius 2 is 2.00 bits per heavy atom. The number of aliphatic hydroxyl groups is 1. The fourth-order valence-electron chi connectivity index (χ4n) is 2.72. The van der Waals surface area contributed by atoms with Crippen LogP contribution in [-0.2, 0) is 42.0 Å². The molecule has 0 fully saturated rings. The second-order valence-electron chi connectivity index (χ2n) is 5.56. The molecule has 0 radical (unpaired) electrons. The third kappa shape index (κ3) is 4.67. The van der Waals surface area contributed by atoms with Gasteiger partial charge in [0, 0.05) is 0 Å². The van der Waals surface area contributed by atoms with Crippen LogP contribution in [0.4, 0.5) is 13.2 Å². The summed E-state index contributed by atoms with van der Waals surface area (Å²) in [5, 5.41) is 8.87. The molecule has 1 aliphatic carbocycles. The number of alkyl halides is 3. The van der Waals surface area contributed by atoms with Crippen molar-refractivity contribution >= 4 is 11.8 Å². The summed E-state index contributed by atoms with van der Waals surface area (Å²) in [6.45, 7) is 3.37. The molecule has 5 nitrogen and oxygen atoms in total. The third-order valence-electron chi connectivity index (χ3n) is 4.10. The van der Waals surface area contributed by atoms with E-state index in [1.165, 1.54) is 10.7 Å². The molecule has 9 heteroatoms. The van der Waals surface area contributed by atoms with Crippen LogP contribution < -0.4 is 0 Å². The molecule has 1 N–H and O–H groups in total. The first-order chi connectivity index (χ1) is 11.1. The first kappa shape index (κ1) is 21.3. The first-order valence-electron chi connectivity index (χ1n) is 7.45. The van der Waals surface area contributed by atoms with Crippen molar-refractivity contribution in [2.45, 2.75) is 44.9 Å². The van der Waals surface area contributed by atoms with Gasteiger partial charge in [-0.2, -0.15) is 0 Å². The average Bonchev–Trinajstić information content (AvgIpc) is 2.69. The summed E-state index contributed by atoms with van der Waals surface area (Å²) in [5.74, 6) is -2.50. The zero-order chi connectivity index (χ0) is 18.5. The van der Waals surface area contributed by atoms with Gasteiger partial charge in [-0.05, 0) is 0 Å². The van der Waals surface area contributed by atoms with Gasteiger partial charge in [-0.1, -0.05) is 0 Å². The SMILES string of the molecule is COC1(C)C(CCCCO)=C(C)C(=O)/C1=[CH]\[Hg][O]C(=O)C(F)(F)F. The van der Waals surface area contributed by atoms with E-state index in [4.69, 9.17) is 9.84 Å². The second-order valence-corrected chi connectivity index (χ2v) is 9.57. The number of carbonyl (C=O) groups excluding carboxylic acids is 2. The topological polar surface area (TPSA) is 72.8 Å². The van der Waals surface area contributed by atoms with Crippen LogP contribution in [0.2, 0.25) is 0 Å². The van der Waals surface area contributed by atoms with Gasteiger partial charge in [0.2, 0.25) is 0 Å². The summed E-state index contributed by atoms with van der Waals surface area (Å²) in [5.41, 5.74) is 0.476.